The molecule has 0 atom stereocenters. The molecule has 0 aliphatic heterocycles. The first-order chi connectivity index (χ1) is 9.66. The summed E-state index contributed by atoms with van der Waals surface area (Å²) in [6.07, 6.45) is 8.24. The van der Waals surface area contributed by atoms with Crippen molar-refractivity contribution in [1.82, 2.24) is 5.32 Å². The second-order valence-corrected chi connectivity index (χ2v) is 6.44. The van der Waals surface area contributed by atoms with E-state index in [0.717, 1.165) is 29.0 Å². The number of hydrogen-bond acceptors (Lipinski definition) is 2. The third-order valence-corrected chi connectivity index (χ3v) is 4.79. The van der Waals surface area contributed by atoms with Crippen LogP contribution in [-0.4, -0.2) is 17.6 Å². The Labute approximate surface area is 128 Å². The lowest BCUT2D eigenvalue weighted by Gasteiger charge is -2.10. The summed E-state index contributed by atoms with van der Waals surface area (Å²) in [6, 6.07) is 5.19. The number of carboxylic acid groups (broad SMARTS) is 1. The van der Waals surface area contributed by atoms with Crippen molar-refractivity contribution >= 4 is 21.9 Å². The van der Waals surface area contributed by atoms with Gasteiger partial charge in [-0.25, -0.2) is 4.79 Å². The summed E-state index contributed by atoms with van der Waals surface area (Å²) in [7, 11) is 0. The third kappa shape index (κ3) is 4.60. The first-order valence-electron chi connectivity index (χ1n) is 7.39. The Hall–Kier alpha value is -0.870. The molecule has 0 unspecified atom stereocenters. The monoisotopic (exact) mass is 339 g/mol. The second-order valence-electron chi connectivity index (χ2n) is 5.58. The molecule has 1 saturated carbocycles. The summed E-state index contributed by atoms with van der Waals surface area (Å²) in [4.78, 5) is 10.9. The molecule has 0 bridgehead atoms. The van der Waals surface area contributed by atoms with Crippen LogP contribution in [-0.2, 0) is 6.54 Å². The lowest BCUT2D eigenvalue weighted by molar-refractivity contribution is 0.0697. The number of aromatic carboxylic acids is 1. The van der Waals surface area contributed by atoms with Crippen LogP contribution < -0.4 is 5.32 Å². The van der Waals surface area contributed by atoms with E-state index in [0.29, 0.717) is 5.56 Å². The SMILES string of the molecule is O=C(O)c1ccc(CNCCCC2CCCC2)c(Br)c1. The molecule has 0 radical (unpaired) electrons. The van der Waals surface area contributed by atoms with Crippen LogP contribution in [0.25, 0.3) is 0 Å². The number of halogens is 1. The lowest BCUT2D eigenvalue weighted by Crippen LogP contribution is -2.16. The van der Waals surface area contributed by atoms with Crippen LogP contribution in [0.1, 0.15) is 54.4 Å². The average molecular weight is 340 g/mol. The zero-order valence-electron chi connectivity index (χ0n) is 11.7. The Morgan fingerprint density at radius 3 is 2.75 bits per heavy atom. The van der Waals surface area contributed by atoms with Crippen LogP contribution in [0.3, 0.4) is 0 Å². The van der Waals surface area contributed by atoms with Crippen LogP contribution in [0.5, 0.6) is 0 Å². The van der Waals surface area contributed by atoms with E-state index in [4.69, 9.17) is 5.11 Å². The Kier molecular flexibility index (Phi) is 6.05. The van der Waals surface area contributed by atoms with Crippen molar-refractivity contribution in [2.24, 2.45) is 5.92 Å². The summed E-state index contributed by atoms with van der Waals surface area (Å²) in [5, 5.41) is 12.4. The van der Waals surface area contributed by atoms with Crippen molar-refractivity contribution in [2.75, 3.05) is 6.54 Å². The van der Waals surface area contributed by atoms with E-state index in [-0.39, 0.29) is 0 Å². The molecular formula is C16H22BrNO2. The molecule has 0 saturated heterocycles. The normalized spacial score (nSPS) is 15.7. The van der Waals surface area contributed by atoms with Gasteiger partial charge in [-0.2, -0.15) is 0 Å². The van der Waals surface area contributed by atoms with Gasteiger partial charge in [0.2, 0.25) is 0 Å². The predicted molar refractivity (Wildman–Crippen MR) is 84.0 cm³/mol. The molecule has 1 fully saturated rings. The first kappa shape index (κ1) is 15.5. The molecule has 4 heteroatoms. The quantitative estimate of drug-likeness (QED) is 0.731. The summed E-state index contributed by atoms with van der Waals surface area (Å²) >= 11 is 3.44. The maximum absolute atomic E-state index is 10.9. The molecule has 2 rings (SSSR count). The minimum absolute atomic E-state index is 0.321. The Morgan fingerprint density at radius 2 is 2.10 bits per heavy atom. The van der Waals surface area contributed by atoms with E-state index < -0.39 is 5.97 Å². The summed E-state index contributed by atoms with van der Waals surface area (Å²) in [5.41, 5.74) is 1.43. The van der Waals surface area contributed by atoms with E-state index >= 15 is 0 Å². The molecule has 1 aromatic rings. The lowest BCUT2D eigenvalue weighted by atomic mass is 10.0. The topological polar surface area (TPSA) is 49.3 Å². The molecule has 1 aliphatic rings. The third-order valence-electron chi connectivity index (χ3n) is 4.06. The van der Waals surface area contributed by atoms with Crippen molar-refractivity contribution in [2.45, 2.75) is 45.1 Å². The fourth-order valence-electron chi connectivity index (χ4n) is 2.86. The highest BCUT2D eigenvalue weighted by Gasteiger charge is 2.13. The van der Waals surface area contributed by atoms with Gasteiger partial charge in [0.25, 0.3) is 0 Å². The van der Waals surface area contributed by atoms with Crippen molar-refractivity contribution in [3.05, 3.63) is 33.8 Å². The van der Waals surface area contributed by atoms with Gasteiger partial charge in [0.05, 0.1) is 5.56 Å². The Morgan fingerprint density at radius 1 is 1.35 bits per heavy atom. The molecule has 0 aromatic heterocycles. The number of benzene rings is 1. The maximum atomic E-state index is 10.9. The minimum Gasteiger partial charge on any atom is -0.478 e. The van der Waals surface area contributed by atoms with Crippen LogP contribution in [0, 0.1) is 5.92 Å². The summed E-state index contributed by atoms with van der Waals surface area (Å²) in [6.45, 7) is 1.81. The predicted octanol–water partition coefficient (Wildman–Crippen LogP) is 4.21. The standard InChI is InChI=1S/C16H22BrNO2/c17-15-10-13(16(19)20)7-8-14(15)11-18-9-3-6-12-4-1-2-5-12/h7-8,10,12,18H,1-6,9,11H2,(H,19,20). The molecular weight excluding hydrogens is 318 g/mol. The fraction of sp³-hybridized carbons (Fsp3) is 0.562. The van der Waals surface area contributed by atoms with Crippen LogP contribution in [0.2, 0.25) is 0 Å². The maximum Gasteiger partial charge on any atom is 0.335 e. The zero-order valence-corrected chi connectivity index (χ0v) is 13.3. The molecule has 0 amide bonds. The largest absolute Gasteiger partial charge is 0.478 e. The first-order valence-corrected chi connectivity index (χ1v) is 8.18. The van der Waals surface area contributed by atoms with Gasteiger partial charge in [-0.3, -0.25) is 0 Å². The smallest absolute Gasteiger partial charge is 0.335 e. The van der Waals surface area contributed by atoms with Gasteiger partial charge >= 0.3 is 5.97 Å². The van der Waals surface area contributed by atoms with E-state index in [9.17, 15) is 4.79 Å². The van der Waals surface area contributed by atoms with Gasteiger partial charge in [0.1, 0.15) is 0 Å². The number of carbonyl (C=O) groups is 1. The van der Waals surface area contributed by atoms with E-state index in [1.807, 2.05) is 6.07 Å². The van der Waals surface area contributed by atoms with Crippen molar-refractivity contribution in [1.29, 1.82) is 0 Å². The number of carboxylic acids is 1. The van der Waals surface area contributed by atoms with Gasteiger partial charge in [-0.1, -0.05) is 47.7 Å². The van der Waals surface area contributed by atoms with Crippen molar-refractivity contribution < 1.29 is 9.90 Å². The van der Waals surface area contributed by atoms with Gasteiger partial charge in [0.15, 0.2) is 0 Å². The highest BCUT2D eigenvalue weighted by Crippen LogP contribution is 2.28. The Balaban J connectivity index is 1.69. The van der Waals surface area contributed by atoms with E-state index in [1.165, 1.54) is 38.5 Å². The van der Waals surface area contributed by atoms with E-state index in [1.54, 1.807) is 12.1 Å². The molecule has 20 heavy (non-hydrogen) atoms. The van der Waals surface area contributed by atoms with Crippen molar-refractivity contribution in [3.8, 4) is 0 Å². The van der Waals surface area contributed by atoms with Gasteiger partial charge in [-0.05, 0) is 43.0 Å². The van der Waals surface area contributed by atoms with Gasteiger partial charge in [-0.15, -0.1) is 0 Å². The summed E-state index contributed by atoms with van der Waals surface area (Å²) in [5.74, 6) is 0.0696. The minimum atomic E-state index is -0.887. The van der Waals surface area contributed by atoms with Crippen LogP contribution in [0.15, 0.2) is 22.7 Å². The van der Waals surface area contributed by atoms with Gasteiger partial charge < -0.3 is 10.4 Å². The number of hydrogen-bond donors (Lipinski definition) is 2. The highest BCUT2D eigenvalue weighted by atomic mass is 79.9. The van der Waals surface area contributed by atoms with Crippen LogP contribution in [0.4, 0.5) is 0 Å². The van der Waals surface area contributed by atoms with E-state index in [2.05, 4.69) is 21.2 Å². The highest BCUT2D eigenvalue weighted by molar-refractivity contribution is 9.10. The molecule has 3 nitrogen and oxygen atoms in total. The molecule has 0 spiro atoms. The molecule has 1 aliphatic carbocycles. The number of nitrogens with one attached hydrogen (secondary N) is 1. The van der Waals surface area contributed by atoms with Crippen LogP contribution >= 0.6 is 15.9 Å². The second kappa shape index (κ2) is 7.79. The zero-order chi connectivity index (χ0) is 14.4. The molecule has 1 aromatic carbocycles. The average Bonchev–Trinajstić information content (AvgIpc) is 2.93. The van der Waals surface area contributed by atoms with Crippen molar-refractivity contribution in [3.63, 3.8) is 0 Å². The Bertz CT molecular complexity index is 456. The fourth-order valence-corrected chi connectivity index (χ4v) is 3.38. The molecule has 110 valence electrons. The van der Waals surface area contributed by atoms with Gasteiger partial charge in [0, 0.05) is 11.0 Å². The number of rotatable bonds is 7. The molecule has 0 heterocycles. The summed E-state index contributed by atoms with van der Waals surface area (Å²) < 4.78 is 0.862. The molecule has 2 N–H and O–H groups in total.